The van der Waals surface area contributed by atoms with E-state index in [1.54, 1.807) is 6.20 Å². The Morgan fingerprint density at radius 1 is 1.67 bits per heavy atom. The van der Waals surface area contributed by atoms with Crippen LogP contribution in [0.2, 0.25) is 5.02 Å². The van der Waals surface area contributed by atoms with Crippen LogP contribution in [0.4, 0.5) is 11.5 Å². The summed E-state index contributed by atoms with van der Waals surface area (Å²) < 4.78 is 0. The molecule has 0 atom stereocenters. The van der Waals surface area contributed by atoms with Crippen molar-refractivity contribution in [2.75, 3.05) is 30.4 Å². The molecule has 0 saturated carbocycles. The van der Waals surface area contributed by atoms with Gasteiger partial charge in [0, 0.05) is 26.3 Å². The van der Waals surface area contributed by atoms with Gasteiger partial charge >= 0.3 is 0 Å². The van der Waals surface area contributed by atoms with Crippen LogP contribution < -0.4 is 10.2 Å². The van der Waals surface area contributed by atoms with Crippen LogP contribution in [0.3, 0.4) is 0 Å². The predicted octanol–water partition coefficient (Wildman–Crippen LogP) is 1.60. The maximum Gasteiger partial charge on any atom is 0.149 e. The summed E-state index contributed by atoms with van der Waals surface area (Å²) in [5.74, 6) is 0.924. The molecule has 64 valence electrons. The molecule has 4 heteroatoms. The van der Waals surface area contributed by atoms with E-state index in [9.17, 15) is 0 Å². The van der Waals surface area contributed by atoms with Gasteiger partial charge in [0.2, 0.25) is 0 Å². The second-order valence-corrected chi connectivity index (χ2v) is 3.31. The van der Waals surface area contributed by atoms with E-state index in [4.69, 9.17) is 11.6 Å². The smallest absolute Gasteiger partial charge is 0.149 e. The van der Waals surface area contributed by atoms with Gasteiger partial charge in [-0.1, -0.05) is 11.6 Å². The summed E-state index contributed by atoms with van der Waals surface area (Å²) in [6.07, 6.45) is 1.66. The fourth-order valence-corrected chi connectivity index (χ4v) is 1.47. The van der Waals surface area contributed by atoms with E-state index in [1.165, 1.54) is 0 Å². The number of anilines is 2. The molecule has 1 aromatic heterocycles. The number of hydrogen-bond donors (Lipinski definition) is 1. The predicted molar refractivity (Wildman–Crippen MR) is 51.0 cm³/mol. The standard InChI is InChI=1S/C8H10ClN3/c1-12-3-2-10-8-7(12)4-6(9)5-11-8/h4-5H,2-3H2,1H3,(H,10,11). The topological polar surface area (TPSA) is 28.2 Å². The summed E-state index contributed by atoms with van der Waals surface area (Å²) in [4.78, 5) is 6.33. The van der Waals surface area contributed by atoms with Gasteiger partial charge in [-0.25, -0.2) is 4.98 Å². The number of hydrogen-bond acceptors (Lipinski definition) is 3. The van der Waals surface area contributed by atoms with Crippen molar-refractivity contribution in [3.05, 3.63) is 17.3 Å². The van der Waals surface area contributed by atoms with E-state index in [2.05, 4.69) is 15.2 Å². The van der Waals surface area contributed by atoms with Crippen molar-refractivity contribution in [1.29, 1.82) is 0 Å². The molecular formula is C8H10ClN3. The lowest BCUT2D eigenvalue weighted by atomic mass is 10.3. The molecule has 1 N–H and O–H groups in total. The molecule has 2 rings (SSSR count). The minimum Gasteiger partial charge on any atom is -0.370 e. The molecule has 0 unspecified atom stereocenters. The van der Waals surface area contributed by atoms with Crippen molar-refractivity contribution in [2.45, 2.75) is 0 Å². The first-order chi connectivity index (χ1) is 5.77. The highest BCUT2D eigenvalue weighted by Crippen LogP contribution is 2.27. The summed E-state index contributed by atoms with van der Waals surface area (Å²) in [7, 11) is 2.04. The maximum absolute atomic E-state index is 5.83. The lowest BCUT2D eigenvalue weighted by molar-refractivity contribution is 0.874. The number of pyridine rings is 1. The Morgan fingerprint density at radius 3 is 3.33 bits per heavy atom. The molecule has 12 heavy (non-hydrogen) atoms. The van der Waals surface area contributed by atoms with E-state index in [0.29, 0.717) is 5.02 Å². The van der Waals surface area contributed by atoms with Crippen molar-refractivity contribution >= 4 is 23.1 Å². The summed E-state index contributed by atoms with van der Waals surface area (Å²) in [6.45, 7) is 1.94. The minimum atomic E-state index is 0.685. The van der Waals surface area contributed by atoms with Crippen LogP contribution in [0.5, 0.6) is 0 Å². The number of halogens is 1. The largest absolute Gasteiger partial charge is 0.370 e. The molecule has 0 saturated heterocycles. The Balaban J connectivity index is 2.47. The fourth-order valence-electron chi connectivity index (χ4n) is 1.32. The first kappa shape index (κ1) is 7.68. The lowest BCUT2D eigenvalue weighted by Crippen LogP contribution is -2.30. The van der Waals surface area contributed by atoms with E-state index in [-0.39, 0.29) is 0 Å². The van der Waals surface area contributed by atoms with Gasteiger partial charge in [0.25, 0.3) is 0 Å². The third kappa shape index (κ3) is 1.20. The van der Waals surface area contributed by atoms with E-state index < -0.39 is 0 Å². The molecule has 0 spiro atoms. The summed E-state index contributed by atoms with van der Waals surface area (Å²) in [5, 5.41) is 3.89. The SMILES string of the molecule is CN1CCNc2ncc(Cl)cc21. The minimum absolute atomic E-state index is 0.685. The van der Waals surface area contributed by atoms with E-state index >= 15 is 0 Å². The average Bonchev–Trinajstić information content (AvgIpc) is 2.07. The summed E-state index contributed by atoms with van der Waals surface area (Å²) in [6, 6.07) is 1.93. The highest BCUT2D eigenvalue weighted by Gasteiger charge is 2.13. The third-order valence-electron chi connectivity index (χ3n) is 1.99. The molecule has 0 aromatic carbocycles. The highest BCUT2D eigenvalue weighted by molar-refractivity contribution is 6.30. The van der Waals surface area contributed by atoms with Gasteiger partial charge in [-0.3, -0.25) is 0 Å². The van der Waals surface area contributed by atoms with E-state index in [0.717, 1.165) is 24.6 Å². The van der Waals surface area contributed by atoms with Crippen molar-refractivity contribution in [3.8, 4) is 0 Å². The highest BCUT2D eigenvalue weighted by atomic mass is 35.5. The van der Waals surface area contributed by atoms with E-state index in [1.807, 2.05) is 13.1 Å². The van der Waals surface area contributed by atoms with Crippen LogP contribution in [0, 0.1) is 0 Å². The molecule has 3 nitrogen and oxygen atoms in total. The first-order valence-electron chi connectivity index (χ1n) is 3.88. The third-order valence-corrected chi connectivity index (χ3v) is 2.19. The normalized spacial score (nSPS) is 15.3. The fraction of sp³-hybridized carbons (Fsp3) is 0.375. The van der Waals surface area contributed by atoms with Gasteiger partial charge in [-0.2, -0.15) is 0 Å². The van der Waals surface area contributed by atoms with Gasteiger partial charge < -0.3 is 10.2 Å². The summed E-state index contributed by atoms with van der Waals surface area (Å²) in [5.41, 5.74) is 1.08. The molecule has 1 aromatic rings. The van der Waals surface area contributed by atoms with Crippen molar-refractivity contribution in [2.24, 2.45) is 0 Å². The van der Waals surface area contributed by atoms with Crippen LogP contribution in [-0.4, -0.2) is 25.1 Å². The maximum atomic E-state index is 5.83. The number of nitrogens with one attached hydrogen (secondary N) is 1. The molecular weight excluding hydrogens is 174 g/mol. The van der Waals surface area contributed by atoms with Crippen LogP contribution >= 0.6 is 11.6 Å². The zero-order valence-corrected chi connectivity index (χ0v) is 7.60. The van der Waals surface area contributed by atoms with Crippen LogP contribution in [-0.2, 0) is 0 Å². The van der Waals surface area contributed by atoms with Gasteiger partial charge in [0.1, 0.15) is 5.82 Å². The van der Waals surface area contributed by atoms with Gasteiger partial charge in [0.05, 0.1) is 10.7 Å². The van der Waals surface area contributed by atoms with Gasteiger partial charge in [-0.15, -0.1) is 0 Å². The molecule has 1 aliphatic heterocycles. The van der Waals surface area contributed by atoms with Crippen molar-refractivity contribution in [1.82, 2.24) is 4.98 Å². The Hall–Kier alpha value is -0.960. The Kier molecular flexibility index (Phi) is 1.81. The molecule has 0 fully saturated rings. The molecule has 1 aliphatic rings. The molecule has 0 aliphatic carbocycles. The summed E-state index contributed by atoms with van der Waals surface area (Å²) >= 11 is 5.83. The quantitative estimate of drug-likeness (QED) is 0.662. The number of likely N-dealkylation sites (N-methyl/N-ethyl adjacent to an activating group) is 1. The van der Waals surface area contributed by atoms with Crippen molar-refractivity contribution < 1.29 is 0 Å². The number of fused-ring (bicyclic) bond motifs is 1. The first-order valence-corrected chi connectivity index (χ1v) is 4.26. The van der Waals surface area contributed by atoms with Gasteiger partial charge in [-0.05, 0) is 6.07 Å². The molecule has 0 bridgehead atoms. The molecule has 2 heterocycles. The molecule has 0 amide bonds. The number of nitrogens with zero attached hydrogens (tertiary/aromatic N) is 2. The van der Waals surface area contributed by atoms with Crippen LogP contribution in [0.1, 0.15) is 0 Å². The zero-order chi connectivity index (χ0) is 8.55. The lowest BCUT2D eigenvalue weighted by Gasteiger charge is -2.27. The van der Waals surface area contributed by atoms with Gasteiger partial charge in [0.15, 0.2) is 0 Å². The van der Waals surface area contributed by atoms with Crippen LogP contribution in [0.15, 0.2) is 12.3 Å². The Labute approximate surface area is 76.4 Å². The average molecular weight is 184 g/mol. The molecule has 0 radical (unpaired) electrons. The second-order valence-electron chi connectivity index (χ2n) is 2.87. The number of aromatic nitrogens is 1. The van der Waals surface area contributed by atoms with Crippen molar-refractivity contribution in [3.63, 3.8) is 0 Å². The zero-order valence-electron chi connectivity index (χ0n) is 6.84. The monoisotopic (exact) mass is 183 g/mol. The Bertz CT molecular complexity index is 300. The Morgan fingerprint density at radius 2 is 2.50 bits per heavy atom. The number of rotatable bonds is 0. The second kappa shape index (κ2) is 2.83. The van der Waals surface area contributed by atoms with Crippen LogP contribution in [0.25, 0.3) is 0 Å².